The molecule has 4 rings (SSSR count). The zero-order valence-corrected chi connectivity index (χ0v) is 17.6. The summed E-state index contributed by atoms with van der Waals surface area (Å²) in [4.78, 5) is 32.0. The fraction of sp³-hybridized carbons (Fsp3) is 0.250. The van der Waals surface area contributed by atoms with Gasteiger partial charge in [0.25, 0.3) is 5.69 Å². The maximum absolute atomic E-state index is 13.1. The minimum Gasteiger partial charge on any atom is -0.334 e. The topological polar surface area (TPSA) is 79.6 Å². The number of nitrogens with zero attached hydrogens (tertiary/aromatic N) is 4. The Labute approximate surface area is 184 Å². The fourth-order valence-electron chi connectivity index (χ4n) is 4.03. The van der Waals surface area contributed by atoms with Gasteiger partial charge in [0.1, 0.15) is 5.82 Å². The van der Waals surface area contributed by atoms with Crippen LogP contribution in [0.25, 0.3) is 17.0 Å². The lowest BCUT2D eigenvalue weighted by Crippen LogP contribution is -2.53. The number of amides is 1. The van der Waals surface area contributed by atoms with Crippen molar-refractivity contribution in [1.29, 1.82) is 0 Å². The number of piperazine rings is 1. The third-order valence-electron chi connectivity index (χ3n) is 5.67. The van der Waals surface area contributed by atoms with E-state index in [-0.39, 0.29) is 23.5 Å². The second-order valence-corrected chi connectivity index (χ2v) is 7.94. The van der Waals surface area contributed by atoms with Crippen LogP contribution in [0, 0.1) is 15.9 Å². The largest absolute Gasteiger partial charge is 0.334 e. The van der Waals surface area contributed by atoms with Gasteiger partial charge in [-0.05, 0) is 42.8 Å². The number of nitro groups is 1. The number of carbonyl (C=O) groups is 1. The molecule has 1 amide bonds. The summed E-state index contributed by atoms with van der Waals surface area (Å²) in [5.41, 5.74) is 1.84. The highest BCUT2D eigenvalue weighted by molar-refractivity contribution is 5.94. The third kappa shape index (κ3) is 4.81. The first-order chi connectivity index (χ1) is 15.4. The van der Waals surface area contributed by atoms with Crippen molar-refractivity contribution < 1.29 is 14.1 Å². The normalized spacial score (nSPS) is 17.2. The van der Waals surface area contributed by atoms with Crippen LogP contribution in [-0.2, 0) is 11.3 Å². The third-order valence-corrected chi connectivity index (χ3v) is 5.67. The minimum absolute atomic E-state index is 0.0165. The first kappa shape index (κ1) is 21.6. The molecule has 7 nitrogen and oxygen atoms in total. The molecule has 1 aromatic heterocycles. The van der Waals surface area contributed by atoms with Gasteiger partial charge in [0, 0.05) is 55.9 Å². The lowest BCUT2D eigenvalue weighted by atomic mass is 10.1. The number of halogens is 1. The molecule has 164 valence electrons. The summed E-state index contributed by atoms with van der Waals surface area (Å²) in [6.45, 7) is 4.61. The molecule has 1 fully saturated rings. The molecule has 1 saturated heterocycles. The Morgan fingerprint density at radius 3 is 2.75 bits per heavy atom. The SMILES string of the molecule is C[C@@H]1CN(Cc2ccc(F)cc2)CCN1C(=O)C=Cc1cc2cccnc2cc1[N+](=O)[O-]. The van der Waals surface area contributed by atoms with Crippen LogP contribution in [0.4, 0.5) is 10.1 Å². The molecule has 8 heteroatoms. The van der Waals surface area contributed by atoms with Crippen LogP contribution in [-0.4, -0.2) is 51.3 Å². The van der Waals surface area contributed by atoms with Gasteiger partial charge in [-0.3, -0.25) is 24.8 Å². The van der Waals surface area contributed by atoms with E-state index in [0.717, 1.165) is 10.9 Å². The van der Waals surface area contributed by atoms with E-state index in [1.807, 2.05) is 13.0 Å². The van der Waals surface area contributed by atoms with Crippen LogP contribution in [0.15, 0.2) is 60.8 Å². The van der Waals surface area contributed by atoms with Gasteiger partial charge in [-0.1, -0.05) is 18.2 Å². The molecule has 2 heterocycles. The second kappa shape index (κ2) is 9.23. The molecule has 0 aliphatic carbocycles. The zero-order valence-electron chi connectivity index (χ0n) is 17.6. The molecule has 2 aromatic carbocycles. The average molecular weight is 434 g/mol. The quantitative estimate of drug-likeness (QED) is 0.344. The minimum atomic E-state index is -0.463. The van der Waals surface area contributed by atoms with E-state index in [1.54, 1.807) is 35.4 Å². The molecule has 0 N–H and O–H groups in total. The summed E-state index contributed by atoms with van der Waals surface area (Å²) >= 11 is 0. The van der Waals surface area contributed by atoms with Gasteiger partial charge in [-0.2, -0.15) is 0 Å². The predicted octanol–water partition coefficient (Wildman–Crippen LogP) is 4.03. The van der Waals surface area contributed by atoms with E-state index in [1.165, 1.54) is 30.4 Å². The molecule has 1 aliphatic rings. The van der Waals surface area contributed by atoms with Crippen molar-refractivity contribution >= 4 is 28.6 Å². The van der Waals surface area contributed by atoms with Crippen molar-refractivity contribution in [1.82, 2.24) is 14.8 Å². The monoisotopic (exact) mass is 434 g/mol. The first-order valence-electron chi connectivity index (χ1n) is 10.4. The Bertz CT molecular complexity index is 1180. The highest BCUT2D eigenvalue weighted by atomic mass is 19.1. The smallest absolute Gasteiger partial charge is 0.278 e. The molecular weight excluding hydrogens is 411 g/mol. The van der Waals surface area contributed by atoms with Crippen molar-refractivity contribution in [3.63, 3.8) is 0 Å². The maximum Gasteiger partial charge on any atom is 0.278 e. The van der Waals surface area contributed by atoms with Gasteiger partial charge in [0.05, 0.1) is 16.0 Å². The van der Waals surface area contributed by atoms with Crippen LogP contribution in [0.3, 0.4) is 0 Å². The van der Waals surface area contributed by atoms with E-state index in [4.69, 9.17) is 0 Å². The predicted molar refractivity (Wildman–Crippen MR) is 120 cm³/mol. The second-order valence-electron chi connectivity index (χ2n) is 7.94. The number of rotatable bonds is 5. The molecule has 1 atom stereocenters. The fourth-order valence-corrected chi connectivity index (χ4v) is 4.03. The Kier molecular flexibility index (Phi) is 6.23. The lowest BCUT2D eigenvalue weighted by Gasteiger charge is -2.39. The summed E-state index contributed by atoms with van der Waals surface area (Å²) in [5.74, 6) is -0.438. The lowest BCUT2D eigenvalue weighted by molar-refractivity contribution is -0.384. The van der Waals surface area contributed by atoms with Crippen molar-refractivity contribution in [3.05, 3.63) is 87.9 Å². The van der Waals surface area contributed by atoms with E-state index in [0.29, 0.717) is 37.3 Å². The summed E-state index contributed by atoms with van der Waals surface area (Å²) in [6, 6.07) is 13.1. The Morgan fingerprint density at radius 1 is 1.25 bits per heavy atom. The summed E-state index contributed by atoms with van der Waals surface area (Å²) in [6.07, 6.45) is 4.49. The van der Waals surface area contributed by atoms with Crippen molar-refractivity contribution in [2.24, 2.45) is 0 Å². The summed E-state index contributed by atoms with van der Waals surface area (Å²) in [5, 5.41) is 12.3. The number of hydrogen-bond donors (Lipinski definition) is 0. The average Bonchev–Trinajstić information content (AvgIpc) is 2.78. The highest BCUT2D eigenvalue weighted by Gasteiger charge is 2.26. The van der Waals surface area contributed by atoms with Crippen molar-refractivity contribution in [2.45, 2.75) is 19.5 Å². The molecule has 1 aliphatic heterocycles. The summed E-state index contributed by atoms with van der Waals surface area (Å²) in [7, 11) is 0. The van der Waals surface area contributed by atoms with E-state index < -0.39 is 4.92 Å². The zero-order chi connectivity index (χ0) is 22.7. The Hall–Kier alpha value is -3.65. The van der Waals surface area contributed by atoms with Crippen LogP contribution >= 0.6 is 0 Å². The standard InChI is InChI=1S/C24H23FN4O3/c1-17-15-27(16-18-4-7-21(25)8-5-18)11-12-28(17)24(30)9-6-20-13-19-3-2-10-26-22(19)14-23(20)29(31)32/h2-10,13-14,17H,11-12,15-16H2,1H3/t17-/m1/s1. The maximum atomic E-state index is 13.1. The van der Waals surface area contributed by atoms with Crippen molar-refractivity contribution in [3.8, 4) is 0 Å². The highest BCUT2D eigenvalue weighted by Crippen LogP contribution is 2.26. The van der Waals surface area contributed by atoms with Gasteiger partial charge < -0.3 is 4.90 Å². The number of pyridine rings is 1. The molecule has 0 bridgehead atoms. The van der Waals surface area contributed by atoms with E-state index in [9.17, 15) is 19.3 Å². The van der Waals surface area contributed by atoms with Crippen LogP contribution < -0.4 is 0 Å². The van der Waals surface area contributed by atoms with E-state index >= 15 is 0 Å². The molecular formula is C24H23FN4O3. The summed E-state index contributed by atoms with van der Waals surface area (Å²) < 4.78 is 13.1. The van der Waals surface area contributed by atoms with Crippen LogP contribution in [0.5, 0.6) is 0 Å². The molecule has 0 saturated carbocycles. The first-order valence-corrected chi connectivity index (χ1v) is 10.4. The molecule has 0 spiro atoms. The number of nitro benzene ring substituents is 1. The van der Waals surface area contributed by atoms with Gasteiger partial charge >= 0.3 is 0 Å². The number of benzene rings is 2. The number of fused-ring (bicyclic) bond motifs is 1. The van der Waals surface area contributed by atoms with Gasteiger partial charge in [0.15, 0.2) is 0 Å². The van der Waals surface area contributed by atoms with Crippen LogP contribution in [0.1, 0.15) is 18.1 Å². The Morgan fingerprint density at radius 2 is 2.03 bits per heavy atom. The molecule has 32 heavy (non-hydrogen) atoms. The van der Waals surface area contributed by atoms with Crippen LogP contribution in [0.2, 0.25) is 0 Å². The number of hydrogen-bond acceptors (Lipinski definition) is 5. The molecule has 3 aromatic rings. The number of carbonyl (C=O) groups excluding carboxylic acids is 1. The van der Waals surface area contributed by atoms with Gasteiger partial charge in [-0.25, -0.2) is 4.39 Å². The van der Waals surface area contributed by atoms with Gasteiger partial charge in [-0.15, -0.1) is 0 Å². The molecule has 0 unspecified atom stereocenters. The Balaban J connectivity index is 1.44. The molecule has 0 radical (unpaired) electrons. The number of aromatic nitrogens is 1. The van der Waals surface area contributed by atoms with Gasteiger partial charge in [0.2, 0.25) is 5.91 Å². The van der Waals surface area contributed by atoms with Crippen molar-refractivity contribution in [2.75, 3.05) is 19.6 Å². The van der Waals surface area contributed by atoms with E-state index in [2.05, 4.69) is 9.88 Å².